The highest BCUT2D eigenvalue weighted by Gasteiger charge is 2.17. The predicted octanol–water partition coefficient (Wildman–Crippen LogP) is 0.222. The molecule has 1 aromatic heterocycles. The molecule has 0 radical (unpaired) electrons. The van der Waals surface area contributed by atoms with Crippen LogP contribution >= 0.6 is 0 Å². The topological polar surface area (TPSA) is 22.0 Å². The highest BCUT2D eigenvalue weighted by atomic mass is 16.1. The molecule has 3 heteroatoms. The van der Waals surface area contributed by atoms with E-state index in [1.54, 1.807) is 6.07 Å². The smallest absolute Gasteiger partial charge is 0.250 e. The van der Waals surface area contributed by atoms with Gasteiger partial charge in [0, 0.05) is 18.3 Å². The first-order chi connectivity index (χ1) is 6.27. The van der Waals surface area contributed by atoms with Crippen molar-refractivity contribution in [3.63, 3.8) is 0 Å². The van der Waals surface area contributed by atoms with Crippen molar-refractivity contribution in [2.24, 2.45) is 0 Å². The van der Waals surface area contributed by atoms with E-state index in [4.69, 9.17) is 0 Å². The molecule has 0 aromatic carbocycles. The molecular formula is C10H14BNO. The lowest BCUT2D eigenvalue weighted by atomic mass is 9.99. The fourth-order valence-electron chi connectivity index (χ4n) is 2.08. The second kappa shape index (κ2) is 3.40. The second-order valence-electron chi connectivity index (χ2n) is 3.89. The average Bonchev–Trinajstić information content (AvgIpc) is 2.61. The third-order valence-corrected chi connectivity index (χ3v) is 2.80. The van der Waals surface area contributed by atoms with E-state index in [9.17, 15) is 4.79 Å². The van der Waals surface area contributed by atoms with E-state index in [2.05, 4.69) is 0 Å². The fraction of sp³-hybridized carbons (Fsp3) is 0.500. The van der Waals surface area contributed by atoms with E-state index in [1.807, 2.05) is 24.7 Å². The molecule has 1 aromatic rings. The lowest BCUT2D eigenvalue weighted by molar-refractivity contribution is 0.504. The van der Waals surface area contributed by atoms with Crippen molar-refractivity contribution in [1.82, 2.24) is 4.57 Å². The maximum Gasteiger partial charge on any atom is 0.250 e. The van der Waals surface area contributed by atoms with Crippen molar-refractivity contribution >= 4 is 13.3 Å². The molecule has 0 aliphatic heterocycles. The quantitative estimate of drug-likeness (QED) is 0.559. The summed E-state index contributed by atoms with van der Waals surface area (Å²) in [6.45, 7) is 0. The molecule has 13 heavy (non-hydrogen) atoms. The fourth-order valence-corrected chi connectivity index (χ4v) is 2.08. The SMILES string of the molecule is Bc1ccc(=O)n(C2CCCC2)c1. The van der Waals surface area contributed by atoms with Crippen LogP contribution in [-0.2, 0) is 0 Å². The van der Waals surface area contributed by atoms with Gasteiger partial charge in [0.1, 0.15) is 7.85 Å². The van der Waals surface area contributed by atoms with Crippen molar-refractivity contribution in [2.45, 2.75) is 31.7 Å². The first-order valence-electron chi connectivity index (χ1n) is 4.96. The number of aromatic nitrogens is 1. The summed E-state index contributed by atoms with van der Waals surface area (Å²) in [5.41, 5.74) is 1.32. The third kappa shape index (κ3) is 1.69. The van der Waals surface area contributed by atoms with Crippen molar-refractivity contribution in [1.29, 1.82) is 0 Å². The Morgan fingerprint density at radius 3 is 2.69 bits per heavy atom. The molecule has 2 nitrogen and oxygen atoms in total. The minimum absolute atomic E-state index is 0.150. The zero-order valence-electron chi connectivity index (χ0n) is 7.99. The first kappa shape index (κ1) is 8.61. The highest BCUT2D eigenvalue weighted by molar-refractivity contribution is 6.32. The molecule has 0 amide bonds. The summed E-state index contributed by atoms with van der Waals surface area (Å²) in [6.07, 6.45) is 6.86. The molecule has 1 fully saturated rings. The van der Waals surface area contributed by atoms with Gasteiger partial charge in [-0.05, 0) is 12.8 Å². The molecule has 0 atom stereocenters. The minimum Gasteiger partial charge on any atom is -0.313 e. The van der Waals surface area contributed by atoms with E-state index in [0.717, 1.165) is 0 Å². The minimum atomic E-state index is 0.150. The van der Waals surface area contributed by atoms with Gasteiger partial charge in [-0.1, -0.05) is 24.4 Å². The summed E-state index contributed by atoms with van der Waals surface area (Å²) in [6, 6.07) is 4.02. The van der Waals surface area contributed by atoms with Gasteiger partial charge in [-0.25, -0.2) is 0 Å². The summed E-state index contributed by atoms with van der Waals surface area (Å²) < 4.78 is 1.91. The third-order valence-electron chi connectivity index (χ3n) is 2.80. The van der Waals surface area contributed by atoms with Crippen LogP contribution in [0.25, 0.3) is 0 Å². The monoisotopic (exact) mass is 175 g/mol. The Hall–Kier alpha value is -0.985. The normalized spacial score (nSPS) is 17.8. The second-order valence-corrected chi connectivity index (χ2v) is 3.89. The maximum absolute atomic E-state index is 11.5. The van der Waals surface area contributed by atoms with Gasteiger partial charge in [0.25, 0.3) is 5.56 Å². The number of nitrogens with zero attached hydrogens (tertiary/aromatic N) is 1. The van der Waals surface area contributed by atoms with Gasteiger partial charge in [-0.2, -0.15) is 0 Å². The summed E-state index contributed by atoms with van der Waals surface area (Å²) >= 11 is 0. The Morgan fingerprint density at radius 2 is 2.00 bits per heavy atom. The Morgan fingerprint density at radius 1 is 1.31 bits per heavy atom. The summed E-state index contributed by atoms with van der Waals surface area (Å²) in [5.74, 6) is 0. The van der Waals surface area contributed by atoms with Gasteiger partial charge in [0.15, 0.2) is 0 Å². The maximum atomic E-state index is 11.5. The Bertz CT molecular complexity index is 352. The van der Waals surface area contributed by atoms with Gasteiger partial charge in [0.05, 0.1) is 0 Å². The van der Waals surface area contributed by atoms with Crippen LogP contribution in [0.15, 0.2) is 23.1 Å². The van der Waals surface area contributed by atoms with Crippen LogP contribution in [-0.4, -0.2) is 12.4 Å². The van der Waals surface area contributed by atoms with Crippen molar-refractivity contribution in [3.05, 3.63) is 28.7 Å². The predicted molar refractivity (Wildman–Crippen MR) is 56.4 cm³/mol. The number of rotatable bonds is 1. The Balaban J connectivity index is 2.37. The van der Waals surface area contributed by atoms with E-state index in [-0.39, 0.29) is 5.56 Å². The molecule has 1 aliphatic carbocycles. The van der Waals surface area contributed by atoms with Gasteiger partial charge < -0.3 is 4.57 Å². The van der Waals surface area contributed by atoms with Crippen LogP contribution in [0.3, 0.4) is 0 Å². The van der Waals surface area contributed by atoms with Crippen molar-refractivity contribution in [2.75, 3.05) is 0 Å². The Labute approximate surface area is 79.0 Å². The molecule has 1 saturated carbocycles. The van der Waals surface area contributed by atoms with Crippen LogP contribution in [0.2, 0.25) is 0 Å². The average molecular weight is 175 g/mol. The molecule has 0 saturated heterocycles. The number of hydrogen-bond donors (Lipinski definition) is 0. The van der Waals surface area contributed by atoms with Crippen LogP contribution in [0.5, 0.6) is 0 Å². The molecule has 68 valence electrons. The van der Waals surface area contributed by atoms with Gasteiger partial charge >= 0.3 is 0 Å². The van der Waals surface area contributed by atoms with Gasteiger partial charge in [-0.15, -0.1) is 0 Å². The molecule has 0 bridgehead atoms. The number of hydrogen-bond acceptors (Lipinski definition) is 1. The summed E-state index contributed by atoms with van der Waals surface area (Å²) in [7, 11) is 2.03. The highest BCUT2D eigenvalue weighted by Crippen LogP contribution is 2.27. The lowest BCUT2D eigenvalue weighted by Gasteiger charge is -2.13. The van der Waals surface area contributed by atoms with Crippen molar-refractivity contribution in [3.8, 4) is 0 Å². The number of pyridine rings is 1. The molecule has 1 heterocycles. The summed E-state index contributed by atoms with van der Waals surface area (Å²) in [5, 5.41) is 0. The van der Waals surface area contributed by atoms with Crippen LogP contribution in [0.1, 0.15) is 31.7 Å². The van der Waals surface area contributed by atoms with E-state index in [1.165, 1.54) is 31.1 Å². The molecule has 0 spiro atoms. The zero-order valence-corrected chi connectivity index (χ0v) is 7.99. The van der Waals surface area contributed by atoms with E-state index < -0.39 is 0 Å². The van der Waals surface area contributed by atoms with Crippen molar-refractivity contribution < 1.29 is 0 Å². The standard InChI is InChI=1S/C10H14BNO/c11-8-5-6-10(13)12(7-8)9-3-1-2-4-9/h5-7,9H,1-4,11H2. The molecule has 0 unspecified atom stereocenters. The first-order valence-corrected chi connectivity index (χ1v) is 4.96. The zero-order chi connectivity index (χ0) is 9.26. The van der Waals surface area contributed by atoms with Crippen LogP contribution in [0.4, 0.5) is 0 Å². The van der Waals surface area contributed by atoms with Crippen LogP contribution in [0, 0.1) is 0 Å². The molecular weight excluding hydrogens is 161 g/mol. The Kier molecular flexibility index (Phi) is 2.25. The van der Waals surface area contributed by atoms with Gasteiger partial charge in [0.2, 0.25) is 0 Å². The molecule has 1 aliphatic rings. The largest absolute Gasteiger partial charge is 0.313 e. The lowest BCUT2D eigenvalue weighted by Crippen LogP contribution is -2.26. The van der Waals surface area contributed by atoms with E-state index >= 15 is 0 Å². The summed E-state index contributed by atoms with van der Waals surface area (Å²) in [4.78, 5) is 11.5. The molecule has 2 rings (SSSR count). The molecule has 0 N–H and O–H groups in total. The van der Waals surface area contributed by atoms with E-state index in [0.29, 0.717) is 6.04 Å². The van der Waals surface area contributed by atoms with Gasteiger partial charge in [-0.3, -0.25) is 4.79 Å². The van der Waals surface area contributed by atoms with Crippen LogP contribution < -0.4 is 11.0 Å².